The number of para-hydroxylation sites is 1. The lowest BCUT2D eigenvalue weighted by atomic mass is 10.3. The van der Waals surface area contributed by atoms with E-state index >= 15 is 0 Å². The summed E-state index contributed by atoms with van der Waals surface area (Å²) in [5, 5.41) is 4.71. The largest absolute Gasteiger partial charge is 0.221 e. The minimum Gasteiger partial charge on any atom is -0.221 e. The van der Waals surface area contributed by atoms with E-state index in [4.69, 9.17) is 11.6 Å². The lowest BCUT2D eigenvalue weighted by Crippen LogP contribution is -1.96. The number of hydrogen-bond donors (Lipinski definition) is 0. The van der Waals surface area contributed by atoms with Crippen LogP contribution in [0.25, 0.3) is 5.69 Å². The van der Waals surface area contributed by atoms with E-state index in [1.54, 1.807) is 16.9 Å². The van der Waals surface area contributed by atoms with Crippen molar-refractivity contribution in [3.05, 3.63) is 46.2 Å². The van der Waals surface area contributed by atoms with Crippen LogP contribution < -0.4 is 0 Å². The number of aromatic nitrogens is 2. The normalized spacial score (nSPS) is 10.3. The number of nitrogens with zero attached hydrogens (tertiary/aromatic N) is 2. The van der Waals surface area contributed by atoms with Gasteiger partial charge in [-0.25, -0.2) is 4.68 Å². The minimum absolute atomic E-state index is 0.604. The van der Waals surface area contributed by atoms with Gasteiger partial charge in [0, 0.05) is 4.47 Å². The quantitative estimate of drug-likeness (QED) is 0.766. The highest BCUT2D eigenvalue weighted by atomic mass is 79.9. The van der Waals surface area contributed by atoms with Crippen LogP contribution in [-0.2, 0) is 0 Å². The molecule has 13 heavy (non-hydrogen) atoms. The van der Waals surface area contributed by atoms with Gasteiger partial charge in [-0.3, -0.25) is 0 Å². The van der Waals surface area contributed by atoms with Crippen molar-refractivity contribution in [3.8, 4) is 5.69 Å². The summed E-state index contributed by atoms with van der Waals surface area (Å²) in [6, 6.07) is 9.54. The van der Waals surface area contributed by atoms with E-state index in [0.29, 0.717) is 5.15 Å². The summed E-state index contributed by atoms with van der Waals surface area (Å²) in [6.45, 7) is 0. The Morgan fingerprint density at radius 2 is 2.00 bits per heavy atom. The van der Waals surface area contributed by atoms with Gasteiger partial charge in [0.2, 0.25) is 0 Å². The maximum Gasteiger partial charge on any atom is 0.132 e. The van der Waals surface area contributed by atoms with Crippen LogP contribution in [0.5, 0.6) is 0 Å². The molecule has 1 heterocycles. The Labute approximate surface area is 89.3 Å². The second-order valence-corrected chi connectivity index (χ2v) is 3.76. The molecular formula is C9H6BrClN2. The van der Waals surface area contributed by atoms with Crippen LogP contribution in [0.2, 0.25) is 5.15 Å². The van der Waals surface area contributed by atoms with E-state index in [1.165, 1.54) is 0 Å². The summed E-state index contributed by atoms with van der Waals surface area (Å²) in [5.74, 6) is 0. The second kappa shape index (κ2) is 3.52. The van der Waals surface area contributed by atoms with Crippen LogP contribution in [0.15, 0.2) is 41.0 Å². The fourth-order valence-electron chi connectivity index (χ4n) is 1.09. The van der Waals surface area contributed by atoms with Gasteiger partial charge in [-0.05, 0) is 34.1 Å². The standard InChI is InChI=1S/C9H6BrClN2/c10-7-3-1-2-4-8(7)13-9(11)5-6-12-13/h1-6H. The van der Waals surface area contributed by atoms with Crippen molar-refractivity contribution >= 4 is 27.5 Å². The molecule has 2 rings (SSSR count). The molecule has 0 spiro atoms. The Kier molecular flexibility index (Phi) is 2.38. The Morgan fingerprint density at radius 3 is 2.62 bits per heavy atom. The first-order valence-corrected chi connectivity index (χ1v) is 4.90. The molecule has 0 bridgehead atoms. The highest BCUT2D eigenvalue weighted by Gasteiger charge is 2.04. The van der Waals surface area contributed by atoms with Crippen LogP contribution >= 0.6 is 27.5 Å². The van der Waals surface area contributed by atoms with Crippen molar-refractivity contribution < 1.29 is 0 Å². The third-order valence-corrected chi connectivity index (χ3v) is 2.63. The van der Waals surface area contributed by atoms with Crippen molar-refractivity contribution in [2.75, 3.05) is 0 Å². The first-order chi connectivity index (χ1) is 6.29. The van der Waals surface area contributed by atoms with E-state index < -0.39 is 0 Å². The van der Waals surface area contributed by atoms with Gasteiger partial charge in [-0.1, -0.05) is 23.7 Å². The van der Waals surface area contributed by atoms with Gasteiger partial charge in [0.05, 0.1) is 11.9 Å². The lowest BCUT2D eigenvalue weighted by molar-refractivity contribution is 0.877. The zero-order valence-electron chi connectivity index (χ0n) is 6.61. The number of rotatable bonds is 1. The molecule has 0 aliphatic heterocycles. The molecule has 0 amide bonds. The van der Waals surface area contributed by atoms with Crippen molar-refractivity contribution in [1.82, 2.24) is 9.78 Å². The molecule has 0 saturated heterocycles. The smallest absolute Gasteiger partial charge is 0.132 e. The van der Waals surface area contributed by atoms with Crippen LogP contribution in [0, 0.1) is 0 Å². The maximum absolute atomic E-state index is 5.93. The van der Waals surface area contributed by atoms with Crippen molar-refractivity contribution in [2.24, 2.45) is 0 Å². The van der Waals surface area contributed by atoms with Gasteiger partial charge in [-0.2, -0.15) is 5.10 Å². The van der Waals surface area contributed by atoms with Crippen LogP contribution in [-0.4, -0.2) is 9.78 Å². The van der Waals surface area contributed by atoms with Crippen LogP contribution in [0.3, 0.4) is 0 Å². The van der Waals surface area contributed by atoms with Gasteiger partial charge in [0.1, 0.15) is 5.15 Å². The summed E-state index contributed by atoms with van der Waals surface area (Å²) in [6.07, 6.45) is 1.67. The molecule has 0 N–H and O–H groups in total. The molecule has 0 aliphatic rings. The fraction of sp³-hybridized carbons (Fsp3) is 0. The Hall–Kier alpha value is -0.800. The third-order valence-electron chi connectivity index (χ3n) is 1.68. The number of hydrogen-bond acceptors (Lipinski definition) is 1. The average Bonchev–Trinajstić information content (AvgIpc) is 2.52. The zero-order valence-corrected chi connectivity index (χ0v) is 8.96. The summed E-state index contributed by atoms with van der Waals surface area (Å²) >= 11 is 9.36. The van der Waals surface area contributed by atoms with Gasteiger partial charge in [-0.15, -0.1) is 0 Å². The molecule has 0 aliphatic carbocycles. The summed E-state index contributed by atoms with van der Waals surface area (Å²) in [4.78, 5) is 0. The molecule has 66 valence electrons. The maximum atomic E-state index is 5.93. The molecule has 0 saturated carbocycles. The topological polar surface area (TPSA) is 17.8 Å². The van der Waals surface area contributed by atoms with Crippen molar-refractivity contribution in [3.63, 3.8) is 0 Å². The Balaban J connectivity index is 2.59. The summed E-state index contributed by atoms with van der Waals surface area (Å²) in [7, 11) is 0. The predicted molar refractivity (Wildman–Crippen MR) is 56.3 cm³/mol. The average molecular weight is 258 g/mol. The molecule has 0 atom stereocenters. The van der Waals surface area contributed by atoms with Crippen LogP contribution in [0.4, 0.5) is 0 Å². The number of benzene rings is 1. The molecule has 0 radical (unpaired) electrons. The second-order valence-electron chi connectivity index (χ2n) is 2.52. The molecular weight excluding hydrogens is 251 g/mol. The van der Waals surface area contributed by atoms with Gasteiger partial charge in [0.15, 0.2) is 0 Å². The number of halogens is 2. The van der Waals surface area contributed by atoms with Gasteiger partial charge >= 0.3 is 0 Å². The highest BCUT2D eigenvalue weighted by molar-refractivity contribution is 9.10. The monoisotopic (exact) mass is 256 g/mol. The first-order valence-electron chi connectivity index (χ1n) is 3.73. The molecule has 4 heteroatoms. The van der Waals surface area contributed by atoms with E-state index in [0.717, 1.165) is 10.2 Å². The minimum atomic E-state index is 0.604. The van der Waals surface area contributed by atoms with Gasteiger partial charge < -0.3 is 0 Å². The lowest BCUT2D eigenvalue weighted by Gasteiger charge is -2.04. The molecule has 2 nitrogen and oxygen atoms in total. The predicted octanol–water partition coefficient (Wildman–Crippen LogP) is 3.29. The van der Waals surface area contributed by atoms with Gasteiger partial charge in [0.25, 0.3) is 0 Å². The summed E-state index contributed by atoms with van der Waals surface area (Å²) < 4.78 is 2.65. The zero-order chi connectivity index (χ0) is 9.26. The van der Waals surface area contributed by atoms with E-state index in [2.05, 4.69) is 21.0 Å². The van der Waals surface area contributed by atoms with Crippen molar-refractivity contribution in [2.45, 2.75) is 0 Å². The molecule has 2 aromatic rings. The fourth-order valence-corrected chi connectivity index (χ4v) is 1.73. The van der Waals surface area contributed by atoms with E-state index in [1.807, 2.05) is 24.3 Å². The molecule has 1 aromatic heterocycles. The Morgan fingerprint density at radius 1 is 1.23 bits per heavy atom. The molecule has 0 fully saturated rings. The molecule has 0 unspecified atom stereocenters. The highest BCUT2D eigenvalue weighted by Crippen LogP contribution is 2.22. The van der Waals surface area contributed by atoms with E-state index in [-0.39, 0.29) is 0 Å². The Bertz CT molecular complexity index is 425. The third kappa shape index (κ3) is 1.62. The molecule has 1 aromatic carbocycles. The van der Waals surface area contributed by atoms with Crippen molar-refractivity contribution in [1.29, 1.82) is 0 Å². The van der Waals surface area contributed by atoms with E-state index in [9.17, 15) is 0 Å². The summed E-state index contributed by atoms with van der Waals surface area (Å²) in [5.41, 5.74) is 0.942. The van der Waals surface area contributed by atoms with Crippen LogP contribution in [0.1, 0.15) is 0 Å². The first kappa shape index (κ1) is 8.78. The SMILES string of the molecule is Clc1ccnn1-c1ccccc1Br.